The molecule has 1 aliphatic rings. The zero-order valence-electron chi connectivity index (χ0n) is 19.5. The van der Waals surface area contributed by atoms with Crippen LogP contribution in [0.3, 0.4) is 0 Å². The number of hydrogen-bond donors (Lipinski definition) is 2. The fourth-order valence-electron chi connectivity index (χ4n) is 3.87. The Hall–Kier alpha value is -3.27. The van der Waals surface area contributed by atoms with Gasteiger partial charge in [0.15, 0.2) is 0 Å². The summed E-state index contributed by atoms with van der Waals surface area (Å²) in [5.74, 6) is 1.59. The van der Waals surface area contributed by atoms with Gasteiger partial charge in [0.2, 0.25) is 11.8 Å². The van der Waals surface area contributed by atoms with E-state index >= 15 is 0 Å². The van der Waals surface area contributed by atoms with Crippen molar-refractivity contribution in [3.63, 3.8) is 0 Å². The summed E-state index contributed by atoms with van der Waals surface area (Å²) in [5.41, 5.74) is 3.78. The fourth-order valence-corrected chi connectivity index (χ4v) is 4.65. The molecule has 8 nitrogen and oxygen atoms in total. The Balaban J connectivity index is 1.41. The highest BCUT2D eigenvalue weighted by Crippen LogP contribution is 2.32. The normalized spacial score (nSPS) is 13.6. The number of halogens is 1. The largest absolute Gasteiger partial charge is 0.439 e. The third-order valence-corrected chi connectivity index (χ3v) is 6.87. The van der Waals surface area contributed by atoms with Crippen molar-refractivity contribution in [2.24, 2.45) is 7.05 Å². The summed E-state index contributed by atoms with van der Waals surface area (Å²) in [6.07, 6.45) is 3.69. The Labute approximate surface area is 213 Å². The first-order chi connectivity index (χ1) is 17.0. The van der Waals surface area contributed by atoms with Crippen molar-refractivity contribution < 1.29 is 4.74 Å². The first-order valence-corrected chi connectivity index (χ1v) is 12.5. The maximum absolute atomic E-state index is 6.38. The summed E-state index contributed by atoms with van der Waals surface area (Å²) in [5, 5.41) is 8.27. The van der Waals surface area contributed by atoms with Gasteiger partial charge in [0.1, 0.15) is 5.75 Å². The number of aromatic nitrogens is 4. The number of rotatable bonds is 7. The van der Waals surface area contributed by atoms with E-state index in [0.29, 0.717) is 22.6 Å². The van der Waals surface area contributed by atoms with E-state index in [-0.39, 0.29) is 0 Å². The minimum atomic E-state index is 0.433. The third-order valence-electron chi connectivity index (χ3n) is 5.73. The molecule has 0 atom stereocenters. The SMILES string of the molecule is Cc1c(Cl)cccc1-c1cc(Oc2ccc(N3CCNCC3)cc2)nc(NSc2cnn(C)c2)n1. The number of benzene rings is 2. The summed E-state index contributed by atoms with van der Waals surface area (Å²) in [6.45, 7) is 5.97. The molecule has 0 aliphatic carbocycles. The van der Waals surface area contributed by atoms with Crippen molar-refractivity contribution in [2.75, 3.05) is 35.8 Å². The van der Waals surface area contributed by atoms with Crippen molar-refractivity contribution in [3.8, 4) is 22.9 Å². The van der Waals surface area contributed by atoms with Gasteiger partial charge < -0.3 is 15.0 Å². The van der Waals surface area contributed by atoms with Crippen molar-refractivity contribution in [3.05, 3.63) is 71.5 Å². The molecule has 0 radical (unpaired) electrons. The summed E-state index contributed by atoms with van der Waals surface area (Å²) < 4.78 is 11.1. The van der Waals surface area contributed by atoms with Gasteiger partial charge in [-0.05, 0) is 54.8 Å². The van der Waals surface area contributed by atoms with Crippen LogP contribution in [0.5, 0.6) is 11.6 Å². The zero-order valence-corrected chi connectivity index (χ0v) is 21.1. The van der Waals surface area contributed by atoms with Crippen LogP contribution in [0.1, 0.15) is 5.56 Å². The number of anilines is 2. The van der Waals surface area contributed by atoms with Gasteiger partial charge in [-0.15, -0.1) is 0 Å². The molecule has 0 saturated carbocycles. The number of piperazine rings is 1. The van der Waals surface area contributed by atoms with Crippen LogP contribution in [0.2, 0.25) is 5.02 Å². The molecule has 0 bridgehead atoms. The molecule has 0 amide bonds. The highest BCUT2D eigenvalue weighted by Gasteiger charge is 2.14. The Morgan fingerprint density at radius 1 is 1.09 bits per heavy atom. The Kier molecular flexibility index (Phi) is 7.08. The van der Waals surface area contributed by atoms with Gasteiger partial charge in [0, 0.05) is 61.8 Å². The molecule has 1 aliphatic heterocycles. The van der Waals surface area contributed by atoms with Crippen molar-refractivity contribution >= 4 is 35.2 Å². The summed E-state index contributed by atoms with van der Waals surface area (Å²) in [4.78, 5) is 12.6. The van der Waals surface area contributed by atoms with Crippen LogP contribution in [0.15, 0.2) is 65.8 Å². The van der Waals surface area contributed by atoms with Gasteiger partial charge in [-0.2, -0.15) is 10.1 Å². The van der Waals surface area contributed by atoms with E-state index in [4.69, 9.17) is 21.3 Å². The molecule has 2 aromatic heterocycles. The van der Waals surface area contributed by atoms with Crippen molar-refractivity contribution in [1.82, 2.24) is 25.1 Å². The predicted octanol–water partition coefficient (Wildman–Crippen LogP) is 5.16. The number of aryl methyl sites for hydroxylation is 1. The summed E-state index contributed by atoms with van der Waals surface area (Å²) >= 11 is 7.77. The van der Waals surface area contributed by atoms with Gasteiger partial charge >= 0.3 is 0 Å². The van der Waals surface area contributed by atoms with Crippen LogP contribution < -0.4 is 19.7 Å². The van der Waals surface area contributed by atoms with Crippen molar-refractivity contribution in [1.29, 1.82) is 0 Å². The standard InChI is InChI=1S/C25H26ClN7OS/c1-17-21(4-3-5-22(17)26)23-14-24(30-25(29-23)31-35-20-15-28-32(2)16-20)34-19-8-6-18(7-9-19)33-12-10-27-11-13-33/h3-9,14-16,27H,10-13H2,1-2H3,(H,29,30,31). The smallest absolute Gasteiger partial charge is 0.237 e. The Bertz CT molecular complexity index is 1310. The van der Waals surface area contributed by atoms with Crippen LogP contribution in [0, 0.1) is 6.92 Å². The highest BCUT2D eigenvalue weighted by atomic mass is 35.5. The topological polar surface area (TPSA) is 80.1 Å². The second-order valence-electron chi connectivity index (χ2n) is 8.21. The lowest BCUT2D eigenvalue weighted by atomic mass is 10.1. The van der Waals surface area contributed by atoms with E-state index in [1.54, 1.807) is 10.9 Å². The number of ether oxygens (including phenoxy) is 1. The molecule has 0 spiro atoms. The highest BCUT2D eigenvalue weighted by molar-refractivity contribution is 8.00. The van der Waals surface area contributed by atoms with Crippen LogP contribution in [-0.2, 0) is 7.05 Å². The average molecular weight is 508 g/mol. The van der Waals surface area contributed by atoms with E-state index in [1.807, 2.05) is 56.6 Å². The lowest BCUT2D eigenvalue weighted by Crippen LogP contribution is -2.43. The lowest BCUT2D eigenvalue weighted by Gasteiger charge is -2.29. The molecule has 4 aromatic rings. The maximum Gasteiger partial charge on any atom is 0.237 e. The number of hydrogen-bond acceptors (Lipinski definition) is 8. The minimum Gasteiger partial charge on any atom is -0.439 e. The molecule has 2 aromatic carbocycles. The van der Waals surface area contributed by atoms with E-state index in [2.05, 4.69) is 37.2 Å². The Morgan fingerprint density at radius 3 is 2.63 bits per heavy atom. The molecule has 35 heavy (non-hydrogen) atoms. The molecule has 10 heteroatoms. The van der Waals surface area contributed by atoms with Crippen LogP contribution in [0.25, 0.3) is 11.3 Å². The summed E-state index contributed by atoms with van der Waals surface area (Å²) in [6, 6.07) is 15.7. The molecule has 5 rings (SSSR count). The van der Waals surface area contributed by atoms with Gasteiger partial charge in [-0.25, -0.2) is 4.98 Å². The average Bonchev–Trinajstić information content (AvgIpc) is 3.30. The monoisotopic (exact) mass is 507 g/mol. The van der Waals surface area contributed by atoms with E-state index in [0.717, 1.165) is 47.9 Å². The molecular weight excluding hydrogens is 482 g/mol. The molecular formula is C25H26ClN7OS. The zero-order chi connectivity index (χ0) is 24.2. The quantitative estimate of drug-likeness (QED) is 0.332. The van der Waals surface area contributed by atoms with E-state index < -0.39 is 0 Å². The first-order valence-electron chi connectivity index (χ1n) is 11.3. The summed E-state index contributed by atoms with van der Waals surface area (Å²) in [7, 11) is 1.88. The molecule has 2 N–H and O–H groups in total. The van der Waals surface area contributed by atoms with E-state index in [1.165, 1.54) is 17.6 Å². The molecule has 1 saturated heterocycles. The fraction of sp³-hybridized carbons (Fsp3) is 0.240. The molecule has 180 valence electrons. The van der Waals surface area contributed by atoms with Crippen LogP contribution in [-0.4, -0.2) is 45.9 Å². The second-order valence-corrected chi connectivity index (χ2v) is 9.50. The number of nitrogens with one attached hydrogen (secondary N) is 2. The molecule has 0 unspecified atom stereocenters. The van der Waals surface area contributed by atoms with Crippen LogP contribution in [0.4, 0.5) is 11.6 Å². The lowest BCUT2D eigenvalue weighted by molar-refractivity contribution is 0.463. The predicted molar refractivity (Wildman–Crippen MR) is 142 cm³/mol. The van der Waals surface area contributed by atoms with Crippen LogP contribution >= 0.6 is 23.5 Å². The Morgan fingerprint density at radius 2 is 1.89 bits per heavy atom. The maximum atomic E-state index is 6.38. The molecule has 1 fully saturated rings. The van der Waals surface area contributed by atoms with Crippen molar-refractivity contribution in [2.45, 2.75) is 11.8 Å². The minimum absolute atomic E-state index is 0.433. The van der Waals surface area contributed by atoms with Gasteiger partial charge in [-0.3, -0.25) is 9.40 Å². The first kappa shape index (κ1) is 23.5. The van der Waals surface area contributed by atoms with E-state index in [9.17, 15) is 0 Å². The van der Waals surface area contributed by atoms with Gasteiger partial charge in [0.25, 0.3) is 0 Å². The number of nitrogens with zero attached hydrogens (tertiary/aromatic N) is 5. The van der Waals surface area contributed by atoms with Gasteiger partial charge in [0.05, 0.1) is 16.8 Å². The second kappa shape index (κ2) is 10.6. The van der Waals surface area contributed by atoms with Gasteiger partial charge in [-0.1, -0.05) is 23.7 Å². The third kappa shape index (κ3) is 5.70. The molecule has 3 heterocycles.